The number of esters is 1. The molecular weight excluding hydrogens is 501 g/mol. The maximum absolute atomic E-state index is 13.7. The minimum Gasteiger partial charge on any atom is -0.462 e. The molecule has 39 heavy (non-hydrogen) atoms. The fraction of sp³-hybridized carbons (Fsp3) is 0.517. The highest BCUT2D eigenvalue weighted by atomic mass is 19.1. The highest BCUT2D eigenvalue weighted by Gasteiger charge is 2.30. The van der Waals surface area contributed by atoms with Gasteiger partial charge in [0.2, 0.25) is 0 Å². The van der Waals surface area contributed by atoms with E-state index < -0.39 is 5.97 Å². The molecule has 1 saturated heterocycles. The van der Waals surface area contributed by atoms with Crippen LogP contribution >= 0.6 is 0 Å². The van der Waals surface area contributed by atoms with Gasteiger partial charge in [0, 0.05) is 32.1 Å². The number of carbonyl (C=O) groups is 2. The minimum absolute atomic E-state index is 0.111. The second-order valence-corrected chi connectivity index (χ2v) is 10.2. The van der Waals surface area contributed by atoms with Crippen LogP contribution in [0.15, 0.2) is 30.3 Å². The quantitative estimate of drug-likeness (QED) is 0.342. The van der Waals surface area contributed by atoms with Crippen LogP contribution in [0, 0.1) is 11.7 Å². The van der Waals surface area contributed by atoms with Crippen molar-refractivity contribution in [1.29, 1.82) is 0 Å². The molecule has 0 bridgehead atoms. The zero-order valence-corrected chi connectivity index (χ0v) is 22.9. The van der Waals surface area contributed by atoms with E-state index in [4.69, 9.17) is 19.6 Å². The van der Waals surface area contributed by atoms with Crippen LogP contribution in [-0.2, 0) is 9.47 Å². The molecule has 1 saturated carbocycles. The van der Waals surface area contributed by atoms with Crippen LogP contribution in [0.2, 0.25) is 0 Å². The molecule has 2 fully saturated rings. The largest absolute Gasteiger partial charge is 0.462 e. The molecule has 9 nitrogen and oxygen atoms in total. The van der Waals surface area contributed by atoms with E-state index in [9.17, 15) is 14.0 Å². The van der Waals surface area contributed by atoms with Gasteiger partial charge in [0.05, 0.1) is 35.5 Å². The number of fused-ring (bicyclic) bond motifs is 1. The van der Waals surface area contributed by atoms with Crippen molar-refractivity contribution >= 4 is 28.9 Å². The van der Waals surface area contributed by atoms with E-state index >= 15 is 0 Å². The Bertz CT molecular complexity index is 1330. The average molecular weight is 538 g/mol. The summed E-state index contributed by atoms with van der Waals surface area (Å²) in [6.45, 7) is 8.78. The van der Waals surface area contributed by atoms with Crippen molar-refractivity contribution in [1.82, 2.24) is 19.7 Å². The topological polar surface area (TPSA) is 89.8 Å². The van der Waals surface area contributed by atoms with Crippen LogP contribution in [-0.4, -0.2) is 71.1 Å². The predicted molar refractivity (Wildman–Crippen MR) is 146 cm³/mol. The van der Waals surface area contributed by atoms with Crippen molar-refractivity contribution in [2.45, 2.75) is 52.4 Å². The van der Waals surface area contributed by atoms with Gasteiger partial charge < -0.3 is 19.3 Å². The Labute approximate surface area is 227 Å². The summed E-state index contributed by atoms with van der Waals surface area (Å²) in [5.41, 5.74) is 2.37. The number of ether oxygens (including phenoxy) is 2. The molecule has 1 aliphatic heterocycles. The zero-order valence-electron chi connectivity index (χ0n) is 22.9. The fourth-order valence-electron chi connectivity index (χ4n) is 5.07. The monoisotopic (exact) mass is 537 g/mol. The van der Waals surface area contributed by atoms with Gasteiger partial charge in [-0.3, -0.25) is 0 Å². The second kappa shape index (κ2) is 11.6. The molecule has 0 radical (unpaired) electrons. The van der Waals surface area contributed by atoms with Crippen molar-refractivity contribution in [3.05, 3.63) is 47.4 Å². The molecule has 0 spiro atoms. The van der Waals surface area contributed by atoms with E-state index in [2.05, 4.69) is 18.7 Å². The number of amides is 1. The Morgan fingerprint density at radius 1 is 1.03 bits per heavy atom. The summed E-state index contributed by atoms with van der Waals surface area (Å²) >= 11 is 0. The van der Waals surface area contributed by atoms with Crippen molar-refractivity contribution in [2.24, 2.45) is 5.92 Å². The first-order valence-corrected chi connectivity index (χ1v) is 14.0. The normalized spacial score (nSPS) is 15.7. The van der Waals surface area contributed by atoms with Crippen molar-refractivity contribution in [2.75, 3.05) is 44.3 Å². The van der Waals surface area contributed by atoms with Crippen molar-refractivity contribution in [3.63, 3.8) is 0 Å². The third-order valence-corrected chi connectivity index (χ3v) is 7.59. The smallest absolute Gasteiger partial charge is 0.409 e. The van der Waals surface area contributed by atoms with E-state index in [1.165, 1.54) is 12.1 Å². The first kappa shape index (κ1) is 26.9. The highest BCUT2D eigenvalue weighted by molar-refractivity contribution is 6.05. The van der Waals surface area contributed by atoms with E-state index in [1.807, 2.05) is 0 Å². The third kappa shape index (κ3) is 5.69. The summed E-state index contributed by atoms with van der Waals surface area (Å²) in [6, 6.07) is 7.87. The SMILES string of the molecule is CCOC(=O)c1cc(N2CCN(C(=O)OCC3CC3)CC2)nc2c1c(C(CC)CC)nn2-c1ccc(F)cc1. The fourth-order valence-corrected chi connectivity index (χ4v) is 5.07. The van der Waals surface area contributed by atoms with Gasteiger partial charge in [-0.2, -0.15) is 5.10 Å². The molecule has 2 aromatic heterocycles. The van der Waals surface area contributed by atoms with E-state index in [-0.39, 0.29) is 24.4 Å². The molecule has 10 heteroatoms. The van der Waals surface area contributed by atoms with Gasteiger partial charge in [0.1, 0.15) is 11.6 Å². The van der Waals surface area contributed by atoms with Gasteiger partial charge in [-0.1, -0.05) is 13.8 Å². The molecule has 0 unspecified atom stereocenters. The highest BCUT2D eigenvalue weighted by Crippen LogP contribution is 2.35. The number of halogens is 1. The van der Waals surface area contributed by atoms with Crippen LogP contribution in [0.1, 0.15) is 68.4 Å². The Balaban J connectivity index is 1.54. The van der Waals surface area contributed by atoms with Gasteiger partial charge in [0.15, 0.2) is 5.65 Å². The summed E-state index contributed by atoms with van der Waals surface area (Å²) in [4.78, 5) is 34.5. The first-order chi connectivity index (χ1) is 18.9. The summed E-state index contributed by atoms with van der Waals surface area (Å²) in [5, 5.41) is 5.60. The van der Waals surface area contributed by atoms with E-state index in [1.54, 1.807) is 34.7 Å². The number of hydrogen-bond donors (Lipinski definition) is 0. The van der Waals surface area contributed by atoms with Crippen LogP contribution in [0.3, 0.4) is 0 Å². The first-order valence-electron chi connectivity index (χ1n) is 14.0. The van der Waals surface area contributed by atoms with Crippen LogP contribution < -0.4 is 4.90 Å². The summed E-state index contributed by atoms with van der Waals surface area (Å²) in [6.07, 6.45) is 3.67. The van der Waals surface area contributed by atoms with E-state index in [0.717, 1.165) is 31.4 Å². The number of rotatable bonds is 9. The lowest BCUT2D eigenvalue weighted by Crippen LogP contribution is -2.49. The Hall–Kier alpha value is -3.69. The number of piperazine rings is 1. The molecule has 208 valence electrons. The van der Waals surface area contributed by atoms with Crippen LogP contribution in [0.25, 0.3) is 16.7 Å². The molecule has 5 rings (SSSR count). The lowest BCUT2D eigenvalue weighted by atomic mass is 9.95. The van der Waals surface area contributed by atoms with Crippen LogP contribution in [0.4, 0.5) is 15.0 Å². The third-order valence-electron chi connectivity index (χ3n) is 7.59. The number of hydrogen-bond acceptors (Lipinski definition) is 7. The van der Waals surface area contributed by atoms with Gasteiger partial charge in [-0.25, -0.2) is 23.6 Å². The van der Waals surface area contributed by atoms with Crippen molar-refractivity contribution < 1.29 is 23.5 Å². The Morgan fingerprint density at radius 2 is 1.72 bits per heavy atom. The minimum atomic E-state index is -0.431. The lowest BCUT2D eigenvalue weighted by molar-refractivity contribution is 0.0528. The zero-order chi connectivity index (χ0) is 27.5. The summed E-state index contributed by atoms with van der Waals surface area (Å²) in [5.74, 6) is 0.462. The molecule has 2 aliphatic rings. The number of anilines is 1. The van der Waals surface area contributed by atoms with Crippen LogP contribution in [0.5, 0.6) is 0 Å². The molecular formula is C29H36FN5O4. The second-order valence-electron chi connectivity index (χ2n) is 10.2. The Kier molecular flexibility index (Phi) is 7.99. The lowest BCUT2D eigenvalue weighted by Gasteiger charge is -2.35. The van der Waals surface area contributed by atoms with Gasteiger partial charge in [-0.15, -0.1) is 0 Å². The number of benzene rings is 1. The summed E-state index contributed by atoms with van der Waals surface area (Å²) in [7, 11) is 0. The van der Waals surface area contributed by atoms with Gasteiger partial charge in [-0.05, 0) is 68.9 Å². The Morgan fingerprint density at radius 3 is 2.33 bits per heavy atom. The standard InChI is InChI=1S/C29H36FN5O4/c1-4-20(5-2)26-25-23(28(36)38-6-3)17-24(31-27(25)35(32-26)22-11-9-21(30)10-12-22)33-13-15-34(16-14-33)29(37)39-18-19-7-8-19/h9-12,17,19-20H,4-8,13-16,18H2,1-3H3. The predicted octanol–water partition coefficient (Wildman–Crippen LogP) is 5.31. The maximum atomic E-state index is 13.7. The molecule has 0 atom stereocenters. The molecule has 1 amide bonds. The van der Waals surface area contributed by atoms with Crippen molar-refractivity contribution in [3.8, 4) is 5.69 Å². The number of nitrogens with zero attached hydrogens (tertiary/aromatic N) is 5. The number of pyridine rings is 1. The molecule has 1 aliphatic carbocycles. The summed E-state index contributed by atoms with van der Waals surface area (Å²) < 4.78 is 26.4. The molecule has 1 aromatic carbocycles. The maximum Gasteiger partial charge on any atom is 0.409 e. The van der Waals surface area contributed by atoms with Gasteiger partial charge in [0.25, 0.3) is 0 Å². The number of aromatic nitrogens is 3. The average Bonchev–Trinajstić information content (AvgIpc) is 3.72. The van der Waals surface area contributed by atoms with E-state index in [0.29, 0.717) is 66.8 Å². The molecule has 3 heterocycles. The molecule has 0 N–H and O–H groups in total. The molecule has 3 aromatic rings. The number of carbonyl (C=O) groups excluding carboxylic acids is 2. The van der Waals surface area contributed by atoms with Gasteiger partial charge >= 0.3 is 12.1 Å².